The molecule has 5 nitrogen and oxygen atoms in total. The van der Waals surface area contributed by atoms with Gasteiger partial charge >= 0.3 is 0 Å². The second-order valence-corrected chi connectivity index (χ2v) is 4.23. The number of aromatic amines is 1. The molecule has 5 heteroatoms. The van der Waals surface area contributed by atoms with Gasteiger partial charge in [0.05, 0.1) is 17.6 Å². The minimum atomic E-state index is 0.0118. The van der Waals surface area contributed by atoms with Gasteiger partial charge in [0.15, 0.2) is 0 Å². The number of aromatic nitrogens is 2. The zero-order valence-electron chi connectivity index (χ0n) is 10.7. The number of nitrogens with zero attached hydrogens (tertiary/aromatic N) is 1. The van der Waals surface area contributed by atoms with Gasteiger partial charge in [-0.25, -0.2) is 4.98 Å². The molecule has 0 aliphatic heterocycles. The van der Waals surface area contributed by atoms with Crippen molar-refractivity contribution in [3.05, 3.63) is 29.6 Å². The van der Waals surface area contributed by atoms with Gasteiger partial charge in [0.2, 0.25) is 5.91 Å². The molecule has 96 valence electrons. The van der Waals surface area contributed by atoms with E-state index in [4.69, 9.17) is 0 Å². The van der Waals surface area contributed by atoms with Crippen molar-refractivity contribution in [2.75, 3.05) is 13.1 Å². The van der Waals surface area contributed by atoms with E-state index in [9.17, 15) is 4.79 Å². The van der Waals surface area contributed by atoms with E-state index in [0.717, 1.165) is 29.0 Å². The molecule has 0 aliphatic rings. The van der Waals surface area contributed by atoms with Crippen LogP contribution in [0.25, 0.3) is 11.0 Å². The topological polar surface area (TPSA) is 69.8 Å². The summed E-state index contributed by atoms with van der Waals surface area (Å²) >= 11 is 0. The van der Waals surface area contributed by atoms with Crippen molar-refractivity contribution in [1.29, 1.82) is 0 Å². The number of fused-ring (bicyclic) bond motifs is 1. The van der Waals surface area contributed by atoms with Gasteiger partial charge in [-0.3, -0.25) is 4.79 Å². The van der Waals surface area contributed by atoms with Gasteiger partial charge in [-0.2, -0.15) is 0 Å². The Morgan fingerprint density at radius 3 is 3.06 bits per heavy atom. The molecule has 0 saturated carbocycles. The Labute approximate surface area is 106 Å². The fourth-order valence-electron chi connectivity index (χ4n) is 1.80. The Bertz CT molecular complexity index is 547. The molecule has 2 aromatic rings. The van der Waals surface area contributed by atoms with E-state index in [1.807, 2.05) is 32.0 Å². The van der Waals surface area contributed by atoms with E-state index in [1.54, 1.807) is 0 Å². The number of carbonyl (C=O) groups is 1. The highest BCUT2D eigenvalue weighted by Crippen LogP contribution is 2.13. The summed E-state index contributed by atoms with van der Waals surface area (Å²) in [7, 11) is 0. The van der Waals surface area contributed by atoms with Crippen molar-refractivity contribution in [3.63, 3.8) is 0 Å². The molecule has 1 aromatic carbocycles. The Morgan fingerprint density at radius 2 is 2.28 bits per heavy atom. The van der Waals surface area contributed by atoms with E-state index in [0.29, 0.717) is 13.1 Å². The average Bonchev–Trinajstić information content (AvgIpc) is 2.73. The van der Waals surface area contributed by atoms with Crippen LogP contribution < -0.4 is 10.6 Å². The van der Waals surface area contributed by atoms with Gasteiger partial charge < -0.3 is 15.6 Å². The highest BCUT2D eigenvalue weighted by molar-refractivity contribution is 5.78. The third-order valence-corrected chi connectivity index (χ3v) is 2.69. The highest BCUT2D eigenvalue weighted by atomic mass is 16.1. The number of hydrogen-bond donors (Lipinski definition) is 3. The van der Waals surface area contributed by atoms with E-state index in [2.05, 4.69) is 20.6 Å². The molecule has 1 aromatic heterocycles. The number of hydrogen-bond acceptors (Lipinski definition) is 3. The first-order chi connectivity index (χ1) is 8.69. The monoisotopic (exact) mass is 246 g/mol. The fourth-order valence-corrected chi connectivity index (χ4v) is 1.80. The van der Waals surface area contributed by atoms with E-state index >= 15 is 0 Å². The minimum absolute atomic E-state index is 0.0118. The van der Waals surface area contributed by atoms with Crippen LogP contribution in [-0.2, 0) is 11.3 Å². The number of benzene rings is 1. The quantitative estimate of drug-likeness (QED) is 0.740. The molecular weight excluding hydrogens is 228 g/mol. The van der Waals surface area contributed by atoms with Crippen molar-refractivity contribution in [1.82, 2.24) is 20.6 Å². The largest absolute Gasteiger partial charge is 0.351 e. The minimum Gasteiger partial charge on any atom is -0.351 e. The second kappa shape index (κ2) is 5.64. The molecule has 0 unspecified atom stereocenters. The van der Waals surface area contributed by atoms with Crippen LogP contribution in [0.5, 0.6) is 0 Å². The second-order valence-electron chi connectivity index (χ2n) is 4.23. The van der Waals surface area contributed by atoms with Crippen molar-refractivity contribution in [2.45, 2.75) is 20.4 Å². The van der Waals surface area contributed by atoms with Gasteiger partial charge in [-0.1, -0.05) is 13.0 Å². The van der Waals surface area contributed by atoms with Crippen LogP contribution in [0.4, 0.5) is 0 Å². The lowest BCUT2D eigenvalue weighted by Crippen LogP contribution is -2.33. The smallest absolute Gasteiger partial charge is 0.234 e. The molecule has 2 rings (SSSR count). The summed E-state index contributed by atoms with van der Waals surface area (Å²) in [6, 6.07) is 5.96. The zero-order valence-corrected chi connectivity index (χ0v) is 10.7. The molecule has 1 amide bonds. The van der Waals surface area contributed by atoms with E-state index in [-0.39, 0.29) is 5.91 Å². The summed E-state index contributed by atoms with van der Waals surface area (Å²) in [6.45, 7) is 5.60. The molecular formula is C13H18N4O. The lowest BCUT2D eigenvalue weighted by atomic mass is 10.2. The number of carbonyl (C=O) groups excluding carboxylic acids is 1. The summed E-state index contributed by atoms with van der Waals surface area (Å²) in [4.78, 5) is 19.0. The van der Waals surface area contributed by atoms with Crippen molar-refractivity contribution < 1.29 is 4.79 Å². The summed E-state index contributed by atoms with van der Waals surface area (Å²) in [6.07, 6.45) is 0. The van der Waals surface area contributed by atoms with E-state index in [1.165, 1.54) is 0 Å². The summed E-state index contributed by atoms with van der Waals surface area (Å²) in [5.74, 6) is 0.913. The van der Waals surface area contributed by atoms with Crippen LogP contribution >= 0.6 is 0 Å². The Hall–Kier alpha value is -1.88. The summed E-state index contributed by atoms with van der Waals surface area (Å²) in [5, 5.41) is 5.86. The summed E-state index contributed by atoms with van der Waals surface area (Å²) < 4.78 is 0. The number of aryl methyl sites for hydroxylation is 1. The van der Waals surface area contributed by atoms with Gasteiger partial charge in [-0.05, 0) is 31.2 Å². The molecule has 0 fully saturated rings. The van der Waals surface area contributed by atoms with Crippen LogP contribution in [0.15, 0.2) is 18.2 Å². The van der Waals surface area contributed by atoms with Gasteiger partial charge in [-0.15, -0.1) is 0 Å². The molecule has 0 atom stereocenters. The maximum atomic E-state index is 11.4. The SMILES string of the molecule is CCNCC(=O)NCc1ccc2nc(C)[nH]c2c1. The molecule has 0 bridgehead atoms. The fraction of sp³-hybridized carbons (Fsp3) is 0.385. The number of likely N-dealkylation sites (N-methyl/N-ethyl adjacent to an activating group) is 1. The highest BCUT2D eigenvalue weighted by Gasteiger charge is 2.03. The zero-order chi connectivity index (χ0) is 13.0. The lowest BCUT2D eigenvalue weighted by molar-refractivity contribution is -0.120. The van der Waals surface area contributed by atoms with Crippen molar-refractivity contribution >= 4 is 16.9 Å². The van der Waals surface area contributed by atoms with Crippen LogP contribution in [0.1, 0.15) is 18.3 Å². The van der Waals surface area contributed by atoms with Gasteiger partial charge in [0, 0.05) is 6.54 Å². The molecule has 0 radical (unpaired) electrons. The van der Waals surface area contributed by atoms with Crippen LogP contribution in [0, 0.1) is 6.92 Å². The lowest BCUT2D eigenvalue weighted by Gasteiger charge is -2.05. The Balaban J connectivity index is 1.97. The molecule has 0 spiro atoms. The first kappa shape index (κ1) is 12.6. The molecule has 18 heavy (non-hydrogen) atoms. The predicted octanol–water partition coefficient (Wildman–Crippen LogP) is 1.10. The molecule has 0 saturated heterocycles. The third kappa shape index (κ3) is 3.07. The van der Waals surface area contributed by atoms with Crippen LogP contribution in [0.2, 0.25) is 0 Å². The predicted molar refractivity (Wildman–Crippen MR) is 71.2 cm³/mol. The third-order valence-electron chi connectivity index (χ3n) is 2.69. The molecule has 1 heterocycles. The Kier molecular flexibility index (Phi) is 3.94. The van der Waals surface area contributed by atoms with Gasteiger partial charge in [0.25, 0.3) is 0 Å². The van der Waals surface area contributed by atoms with Crippen molar-refractivity contribution in [3.8, 4) is 0 Å². The first-order valence-electron chi connectivity index (χ1n) is 6.11. The van der Waals surface area contributed by atoms with Crippen LogP contribution in [-0.4, -0.2) is 29.0 Å². The summed E-state index contributed by atoms with van der Waals surface area (Å²) in [5.41, 5.74) is 3.03. The Morgan fingerprint density at radius 1 is 1.44 bits per heavy atom. The standard InChI is InChI=1S/C13H18N4O/c1-3-14-8-13(18)15-7-10-4-5-11-12(6-10)17-9(2)16-11/h4-6,14H,3,7-8H2,1-2H3,(H,15,18)(H,16,17). The average molecular weight is 246 g/mol. The normalized spacial score (nSPS) is 10.8. The molecule has 3 N–H and O–H groups in total. The maximum Gasteiger partial charge on any atom is 0.234 e. The van der Waals surface area contributed by atoms with Crippen molar-refractivity contribution in [2.24, 2.45) is 0 Å². The number of nitrogens with one attached hydrogen (secondary N) is 3. The van der Waals surface area contributed by atoms with Gasteiger partial charge in [0.1, 0.15) is 5.82 Å². The van der Waals surface area contributed by atoms with E-state index < -0.39 is 0 Å². The number of H-pyrrole nitrogens is 1. The number of imidazole rings is 1. The molecule has 0 aliphatic carbocycles. The number of rotatable bonds is 5. The number of amides is 1. The van der Waals surface area contributed by atoms with Crippen LogP contribution in [0.3, 0.4) is 0 Å². The maximum absolute atomic E-state index is 11.4. The first-order valence-corrected chi connectivity index (χ1v) is 6.11.